The Morgan fingerprint density at radius 3 is 1.59 bits per heavy atom. The molecule has 220 valence electrons. The summed E-state index contributed by atoms with van der Waals surface area (Å²) >= 11 is 17.8. The largest absolute Gasteiger partial charge is 0.377 e. The minimum Gasteiger partial charge on any atom is -0.377 e. The Bertz CT molecular complexity index is 1300. The highest BCUT2D eigenvalue weighted by atomic mass is 35.5. The Morgan fingerprint density at radius 2 is 1.21 bits per heavy atom. The number of ether oxygens (including phenoxy) is 2. The van der Waals surface area contributed by atoms with Gasteiger partial charge in [-0.3, -0.25) is 8.99 Å². The second-order valence-corrected chi connectivity index (χ2v) is 15.9. The summed E-state index contributed by atoms with van der Waals surface area (Å²) < 4.78 is 42.9. The molecule has 4 heterocycles. The van der Waals surface area contributed by atoms with Crippen molar-refractivity contribution in [3.8, 4) is 0 Å². The standard InChI is InChI=1S/C12H18ClN3O2S.C10H12Cl2N2O.C2H7NOS/c1-9-8-18-5-4-16(9)10-6-11(13)14-12(7-10)15-19(2,3)17;1-7-6-15-3-2-14(7)8-4-9(11)13-10(12)5-8;1-5(2,3)4/h6-7,9H,4-5,8H2,1-3H3;4-5,7H,2-3,6H2,1H3;3H,1-2H3/t9-;7-;/m11./s1. The number of nitrogens with one attached hydrogen (secondary N) is 1. The highest BCUT2D eigenvalue weighted by Crippen LogP contribution is 2.27. The first-order valence-electron chi connectivity index (χ1n) is 12.1. The van der Waals surface area contributed by atoms with Gasteiger partial charge in [-0.05, 0) is 32.0 Å². The topological polar surface area (TPSA) is 121 Å². The van der Waals surface area contributed by atoms with Gasteiger partial charge in [0, 0.05) is 87.1 Å². The fourth-order valence-electron chi connectivity index (χ4n) is 3.75. The Labute approximate surface area is 247 Å². The van der Waals surface area contributed by atoms with E-state index in [2.05, 4.69) is 38.0 Å². The molecule has 10 nitrogen and oxygen atoms in total. The quantitative estimate of drug-likeness (QED) is 0.452. The van der Waals surface area contributed by atoms with Crippen molar-refractivity contribution < 1.29 is 17.9 Å². The van der Waals surface area contributed by atoms with Crippen LogP contribution in [0.25, 0.3) is 0 Å². The molecule has 1 N–H and O–H groups in total. The molecule has 15 heteroatoms. The minimum atomic E-state index is -2.24. The molecule has 0 amide bonds. The second-order valence-electron chi connectivity index (χ2n) is 9.72. The lowest BCUT2D eigenvalue weighted by molar-refractivity contribution is 0.0989. The van der Waals surface area contributed by atoms with E-state index in [9.17, 15) is 8.42 Å². The van der Waals surface area contributed by atoms with Crippen molar-refractivity contribution in [2.75, 3.05) is 74.3 Å². The van der Waals surface area contributed by atoms with E-state index in [0.29, 0.717) is 40.5 Å². The summed E-state index contributed by atoms with van der Waals surface area (Å²) in [5, 5.41) is 1.21. The molecule has 2 aromatic heterocycles. The molecule has 0 unspecified atom stereocenters. The van der Waals surface area contributed by atoms with E-state index in [1.165, 1.54) is 12.5 Å². The molecule has 2 aliphatic rings. The minimum absolute atomic E-state index is 0.271. The second kappa shape index (κ2) is 15.0. The molecule has 0 spiro atoms. The first kappa shape index (κ1) is 33.8. The predicted octanol–water partition coefficient (Wildman–Crippen LogP) is 5.23. The maximum atomic E-state index is 11.7. The maximum Gasteiger partial charge on any atom is 0.165 e. The summed E-state index contributed by atoms with van der Waals surface area (Å²) in [6.45, 7) is 8.71. The lowest BCUT2D eigenvalue weighted by Crippen LogP contribution is -2.43. The lowest BCUT2D eigenvalue weighted by atomic mass is 10.2. The molecular weight excluding hydrogens is 607 g/mol. The van der Waals surface area contributed by atoms with Crippen LogP contribution in [-0.4, -0.2) is 95.0 Å². The monoisotopic (exact) mass is 642 g/mol. The van der Waals surface area contributed by atoms with Gasteiger partial charge in [0.05, 0.1) is 26.4 Å². The Hall–Kier alpha value is -1.41. The number of nitrogens with zero attached hydrogens (tertiary/aromatic N) is 5. The van der Waals surface area contributed by atoms with Gasteiger partial charge >= 0.3 is 0 Å². The third kappa shape index (κ3) is 13.2. The van der Waals surface area contributed by atoms with Crippen molar-refractivity contribution in [1.82, 2.24) is 9.97 Å². The number of hydrogen-bond acceptors (Lipinski definition) is 10. The van der Waals surface area contributed by atoms with Gasteiger partial charge in [0.2, 0.25) is 0 Å². The van der Waals surface area contributed by atoms with E-state index in [0.717, 1.165) is 37.7 Å². The van der Waals surface area contributed by atoms with Crippen LogP contribution in [0, 0.1) is 4.78 Å². The van der Waals surface area contributed by atoms with Crippen LogP contribution in [0.5, 0.6) is 0 Å². The first-order chi connectivity index (χ1) is 18.0. The van der Waals surface area contributed by atoms with Gasteiger partial charge in [0.15, 0.2) is 5.82 Å². The molecule has 2 saturated heterocycles. The van der Waals surface area contributed by atoms with Crippen LogP contribution < -0.4 is 9.80 Å². The average molecular weight is 644 g/mol. The molecule has 2 aliphatic heterocycles. The number of morpholine rings is 2. The van der Waals surface area contributed by atoms with Crippen LogP contribution in [0.2, 0.25) is 15.5 Å². The molecule has 0 radical (unpaired) electrons. The van der Waals surface area contributed by atoms with Crippen molar-refractivity contribution in [2.24, 2.45) is 4.36 Å². The highest BCUT2D eigenvalue weighted by molar-refractivity contribution is 7.92. The molecule has 0 aliphatic carbocycles. The maximum absolute atomic E-state index is 11.7. The van der Waals surface area contributed by atoms with Gasteiger partial charge in [0.25, 0.3) is 0 Å². The summed E-state index contributed by atoms with van der Waals surface area (Å²) in [6.07, 6.45) is 5.92. The van der Waals surface area contributed by atoms with Crippen LogP contribution in [0.1, 0.15) is 13.8 Å². The molecule has 2 aromatic rings. The van der Waals surface area contributed by atoms with Crippen LogP contribution in [0.4, 0.5) is 17.2 Å². The van der Waals surface area contributed by atoms with Crippen LogP contribution in [-0.2, 0) is 28.9 Å². The summed E-state index contributed by atoms with van der Waals surface area (Å²) in [4.78, 5) is 12.5. The van der Waals surface area contributed by atoms with E-state index in [1.54, 1.807) is 18.6 Å². The number of aromatic nitrogens is 2. The molecule has 39 heavy (non-hydrogen) atoms. The summed E-state index contributed by atoms with van der Waals surface area (Å²) in [7, 11) is -4.41. The van der Waals surface area contributed by atoms with E-state index in [1.807, 2.05) is 18.2 Å². The third-order valence-electron chi connectivity index (χ3n) is 5.22. The Kier molecular flexibility index (Phi) is 13.0. The molecule has 0 aromatic carbocycles. The zero-order valence-electron chi connectivity index (χ0n) is 23.0. The highest BCUT2D eigenvalue weighted by Gasteiger charge is 2.21. The Morgan fingerprint density at radius 1 is 0.821 bits per heavy atom. The van der Waals surface area contributed by atoms with Gasteiger partial charge in [0.1, 0.15) is 15.5 Å². The van der Waals surface area contributed by atoms with Crippen molar-refractivity contribution in [1.29, 1.82) is 4.78 Å². The predicted molar refractivity (Wildman–Crippen MR) is 164 cm³/mol. The first-order valence-corrected chi connectivity index (χ1v) is 17.9. The van der Waals surface area contributed by atoms with E-state index in [-0.39, 0.29) is 6.04 Å². The van der Waals surface area contributed by atoms with E-state index in [4.69, 9.17) is 49.1 Å². The molecule has 0 saturated carbocycles. The Balaban J connectivity index is 0.000000238. The van der Waals surface area contributed by atoms with Gasteiger partial charge in [-0.2, -0.15) is 4.36 Å². The van der Waals surface area contributed by atoms with Crippen LogP contribution in [0.3, 0.4) is 0 Å². The number of halogens is 3. The van der Waals surface area contributed by atoms with Gasteiger partial charge in [-0.15, -0.1) is 0 Å². The number of rotatable bonds is 3. The number of anilines is 2. The number of hydrogen-bond donors (Lipinski definition) is 1. The third-order valence-corrected chi connectivity index (χ3v) is 6.43. The molecule has 2 fully saturated rings. The van der Waals surface area contributed by atoms with Gasteiger partial charge in [-0.25, -0.2) is 14.2 Å². The van der Waals surface area contributed by atoms with Crippen LogP contribution in [0.15, 0.2) is 28.6 Å². The van der Waals surface area contributed by atoms with E-state index >= 15 is 0 Å². The summed E-state index contributed by atoms with van der Waals surface area (Å²) in [6, 6.07) is 7.89. The van der Waals surface area contributed by atoms with Crippen LogP contribution >= 0.6 is 34.8 Å². The lowest BCUT2D eigenvalue weighted by Gasteiger charge is -2.35. The molecular formula is C24H37Cl3N6O4S2. The fourth-order valence-corrected chi connectivity index (χ4v) is 4.94. The van der Waals surface area contributed by atoms with Crippen molar-refractivity contribution in [3.63, 3.8) is 0 Å². The number of pyridine rings is 2. The molecule has 0 bridgehead atoms. The fraction of sp³-hybridized carbons (Fsp3) is 0.583. The zero-order valence-corrected chi connectivity index (χ0v) is 26.9. The summed E-state index contributed by atoms with van der Waals surface area (Å²) in [5.74, 6) is 0.413. The smallest absolute Gasteiger partial charge is 0.165 e. The van der Waals surface area contributed by atoms with Crippen molar-refractivity contribution >= 4 is 71.5 Å². The van der Waals surface area contributed by atoms with E-state index < -0.39 is 19.5 Å². The van der Waals surface area contributed by atoms with Gasteiger partial charge < -0.3 is 19.3 Å². The molecule has 4 rings (SSSR count). The van der Waals surface area contributed by atoms with Gasteiger partial charge in [-0.1, -0.05) is 34.8 Å². The summed E-state index contributed by atoms with van der Waals surface area (Å²) in [5.41, 5.74) is 1.95. The zero-order chi connectivity index (χ0) is 29.4. The molecule has 2 atom stereocenters. The normalized spacial score (nSPS) is 19.8. The average Bonchev–Trinajstić information content (AvgIpc) is 2.77. The van der Waals surface area contributed by atoms with Crippen molar-refractivity contribution in [3.05, 3.63) is 39.7 Å². The van der Waals surface area contributed by atoms with Crippen molar-refractivity contribution in [2.45, 2.75) is 25.9 Å². The SMILES string of the molecule is CS(C)(=N)=O.C[C@@H]1COCCN1c1cc(Cl)nc(Cl)c1.C[C@@H]1COCCN1c1cc(Cl)nc(N=S(C)(C)=O)c1.